The van der Waals surface area contributed by atoms with Crippen molar-refractivity contribution in [3.63, 3.8) is 0 Å². The molecular weight excluding hydrogens is 274 g/mol. The number of aromatic nitrogens is 1. The molecular formula is C15H15NO5. The van der Waals surface area contributed by atoms with Crippen molar-refractivity contribution < 1.29 is 24.2 Å². The van der Waals surface area contributed by atoms with E-state index in [-0.39, 0.29) is 0 Å². The van der Waals surface area contributed by atoms with Gasteiger partial charge in [0.05, 0.1) is 12.8 Å². The van der Waals surface area contributed by atoms with Crippen LogP contribution in [0.4, 0.5) is 0 Å². The summed E-state index contributed by atoms with van der Waals surface area (Å²) >= 11 is 0. The van der Waals surface area contributed by atoms with Gasteiger partial charge in [-0.15, -0.1) is 0 Å². The highest BCUT2D eigenvalue weighted by Gasteiger charge is 2.18. The van der Waals surface area contributed by atoms with Crippen LogP contribution in [-0.2, 0) is 16.1 Å². The topological polar surface area (TPSA) is 92.7 Å². The zero-order valence-electron chi connectivity index (χ0n) is 11.7. The highest BCUT2D eigenvalue weighted by molar-refractivity contribution is 6.16. The molecule has 0 aliphatic heterocycles. The molecule has 2 heterocycles. The Hall–Kier alpha value is -2.76. The monoisotopic (exact) mass is 289 g/mol. The molecule has 0 fully saturated rings. The quantitative estimate of drug-likeness (QED) is 0.500. The Kier molecular flexibility index (Phi) is 3.98. The summed E-state index contributed by atoms with van der Waals surface area (Å²) in [6, 6.07) is 5.38. The predicted octanol–water partition coefficient (Wildman–Crippen LogP) is 2.30. The molecule has 0 aliphatic carbocycles. The minimum absolute atomic E-state index is 0.508. The SMILES string of the molecule is Cc1cc(C=C(C(=O)O)C(=O)O)c(C)n1Cc1ccco1. The van der Waals surface area contributed by atoms with Crippen LogP contribution in [0.1, 0.15) is 22.7 Å². The van der Waals surface area contributed by atoms with E-state index in [1.54, 1.807) is 18.4 Å². The summed E-state index contributed by atoms with van der Waals surface area (Å²) in [6.45, 7) is 4.19. The number of hydrogen-bond donors (Lipinski definition) is 2. The molecule has 0 atom stereocenters. The van der Waals surface area contributed by atoms with Crippen molar-refractivity contribution in [2.75, 3.05) is 0 Å². The van der Waals surface area contributed by atoms with E-state index in [0.717, 1.165) is 17.1 Å². The number of carboxylic acid groups (broad SMARTS) is 2. The number of rotatable bonds is 5. The van der Waals surface area contributed by atoms with Crippen molar-refractivity contribution >= 4 is 18.0 Å². The number of furan rings is 1. The summed E-state index contributed by atoms with van der Waals surface area (Å²) in [6.07, 6.45) is 2.75. The van der Waals surface area contributed by atoms with Crippen LogP contribution in [0.25, 0.3) is 6.08 Å². The molecule has 2 aromatic rings. The van der Waals surface area contributed by atoms with E-state index in [2.05, 4.69) is 0 Å². The van der Waals surface area contributed by atoms with Crippen LogP contribution in [0.3, 0.4) is 0 Å². The van der Waals surface area contributed by atoms with Crippen LogP contribution in [-0.4, -0.2) is 26.7 Å². The zero-order chi connectivity index (χ0) is 15.6. The van der Waals surface area contributed by atoms with Crippen molar-refractivity contribution in [1.82, 2.24) is 4.57 Å². The van der Waals surface area contributed by atoms with Crippen LogP contribution < -0.4 is 0 Å². The van der Waals surface area contributed by atoms with Gasteiger partial charge in [0, 0.05) is 11.4 Å². The minimum Gasteiger partial charge on any atom is -0.477 e. The van der Waals surface area contributed by atoms with Gasteiger partial charge in [0.25, 0.3) is 0 Å². The van der Waals surface area contributed by atoms with E-state index < -0.39 is 17.5 Å². The lowest BCUT2D eigenvalue weighted by molar-refractivity contribution is -0.140. The lowest BCUT2D eigenvalue weighted by atomic mass is 10.1. The Balaban J connectivity index is 2.41. The average Bonchev–Trinajstić information content (AvgIpc) is 2.99. The second kappa shape index (κ2) is 5.70. The molecule has 2 N–H and O–H groups in total. The molecule has 0 aliphatic rings. The lowest BCUT2D eigenvalue weighted by Crippen LogP contribution is -2.11. The van der Waals surface area contributed by atoms with Crippen molar-refractivity contribution in [2.24, 2.45) is 0 Å². The maximum atomic E-state index is 10.9. The summed E-state index contributed by atoms with van der Waals surface area (Å²) in [7, 11) is 0. The van der Waals surface area contributed by atoms with Crippen molar-refractivity contribution in [3.8, 4) is 0 Å². The third-order valence-electron chi connectivity index (χ3n) is 3.27. The molecule has 110 valence electrons. The standard InChI is InChI=1S/C15H15NO5/c1-9-6-11(7-13(14(17)18)15(19)20)10(2)16(9)8-12-4-3-5-21-12/h3-7H,8H2,1-2H3,(H,17,18)(H,19,20). The van der Waals surface area contributed by atoms with Gasteiger partial charge in [-0.25, -0.2) is 9.59 Å². The third kappa shape index (κ3) is 3.05. The molecule has 0 saturated carbocycles. The van der Waals surface area contributed by atoms with E-state index >= 15 is 0 Å². The van der Waals surface area contributed by atoms with Crippen LogP contribution in [0, 0.1) is 13.8 Å². The molecule has 0 aromatic carbocycles. The van der Waals surface area contributed by atoms with Crippen LogP contribution in [0.5, 0.6) is 0 Å². The van der Waals surface area contributed by atoms with E-state index in [1.807, 2.05) is 24.5 Å². The molecule has 0 radical (unpaired) electrons. The molecule has 0 spiro atoms. The zero-order valence-corrected chi connectivity index (χ0v) is 11.7. The van der Waals surface area contributed by atoms with E-state index in [9.17, 15) is 9.59 Å². The predicted molar refractivity (Wildman–Crippen MR) is 75.0 cm³/mol. The normalized spacial score (nSPS) is 10.4. The maximum absolute atomic E-state index is 10.9. The first kappa shape index (κ1) is 14.6. The molecule has 0 amide bonds. The number of aryl methyl sites for hydroxylation is 1. The number of nitrogens with zero attached hydrogens (tertiary/aromatic N) is 1. The van der Waals surface area contributed by atoms with E-state index in [0.29, 0.717) is 12.1 Å². The van der Waals surface area contributed by atoms with Crippen molar-refractivity contribution in [3.05, 3.63) is 52.7 Å². The summed E-state index contributed by atoms with van der Waals surface area (Å²) in [5.41, 5.74) is 1.58. The molecule has 2 rings (SSSR count). The summed E-state index contributed by atoms with van der Waals surface area (Å²) in [5.74, 6) is -2.15. The molecule has 6 nitrogen and oxygen atoms in total. The average molecular weight is 289 g/mol. The van der Waals surface area contributed by atoms with Gasteiger partial charge in [0.15, 0.2) is 0 Å². The van der Waals surface area contributed by atoms with Gasteiger partial charge in [-0.2, -0.15) is 0 Å². The molecule has 0 bridgehead atoms. The largest absolute Gasteiger partial charge is 0.477 e. The smallest absolute Gasteiger partial charge is 0.343 e. The van der Waals surface area contributed by atoms with Gasteiger partial charge < -0.3 is 19.2 Å². The summed E-state index contributed by atoms with van der Waals surface area (Å²) in [5, 5.41) is 17.8. The highest BCUT2D eigenvalue weighted by Crippen LogP contribution is 2.20. The van der Waals surface area contributed by atoms with Crippen molar-refractivity contribution in [2.45, 2.75) is 20.4 Å². The Morgan fingerprint density at radius 1 is 1.29 bits per heavy atom. The number of carbonyl (C=O) groups is 2. The first-order valence-corrected chi connectivity index (χ1v) is 6.27. The van der Waals surface area contributed by atoms with Crippen molar-refractivity contribution in [1.29, 1.82) is 0 Å². The van der Waals surface area contributed by atoms with Gasteiger partial charge in [-0.05, 0) is 43.7 Å². The summed E-state index contributed by atoms with van der Waals surface area (Å²) < 4.78 is 7.23. The Morgan fingerprint density at radius 3 is 2.48 bits per heavy atom. The summed E-state index contributed by atoms with van der Waals surface area (Å²) in [4.78, 5) is 21.9. The van der Waals surface area contributed by atoms with Gasteiger partial charge in [-0.1, -0.05) is 0 Å². The van der Waals surface area contributed by atoms with E-state index in [4.69, 9.17) is 14.6 Å². The van der Waals surface area contributed by atoms with Crippen LogP contribution in [0.2, 0.25) is 0 Å². The van der Waals surface area contributed by atoms with E-state index in [1.165, 1.54) is 6.08 Å². The fraction of sp³-hybridized carbons (Fsp3) is 0.200. The maximum Gasteiger partial charge on any atom is 0.343 e. The number of carboxylic acids is 2. The number of aliphatic carboxylic acids is 2. The minimum atomic E-state index is -1.46. The second-order valence-corrected chi connectivity index (χ2v) is 4.66. The van der Waals surface area contributed by atoms with Gasteiger partial charge >= 0.3 is 11.9 Å². The number of hydrogen-bond acceptors (Lipinski definition) is 3. The molecule has 21 heavy (non-hydrogen) atoms. The Morgan fingerprint density at radius 2 is 1.95 bits per heavy atom. The first-order valence-electron chi connectivity index (χ1n) is 6.27. The lowest BCUT2D eigenvalue weighted by Gasteiger charge is -2.07. The Bertz CT molecular complexity index is 691. The fourth-order valence-electron chi connectivity index (χ4n) is 2.15. The van der Waals surface area contributed by atoms with Crippen LogP contribution in [0.15, 0.2) is 34.5 Å². The van der Waals surface area contributed by atoms with Gasteiger partial charge in [0.2, 0.25) is 0 Å². The Labute approximate surface area is 120 Å². The third-order valence-corrected chi connectivity index (χ3v) is 3.27. The van der Waals surface area contributed by atoms with Crippen LogP contribution >= 0.6 is 0 Å². The molecule has 0 saturated heterocycles. The fourth-order valence-corrected chi connectivity index (χ4v) is 2.15. The molecule has 2 aromatic heterocycles. The molecule has 6 heteroatoms. The molecule has 0 unspecified atom stereocenters. The first-order chi connectivity index (χ1) is 9.90. The second-order valence-electron chi connectivity index (χ2n) is 4.66. The van der Waals surface area contributed by atoms with Gasteiger partial charge in [-0.3, -0.25) is 0 Å². The highest BCUT2D eigenvalue weighted by atomic mass is 16.4. The van der Waals surface area contributed by atoms with Gasteiger partial charge in [0.1, 0.15) is 11.3 Å².